The first-order chi connectivity index (χ1) is 15.2. The summed E-state index contributed by atoms with van der Waals surface area (Å²) in [6.07, 6.45) is 3.23. The molecule has 1 aromatic rings. The van der Waals surface area contributed by atoms with Gasteiger partial charge in [-0.15, -0.1) is 0 Å². The van der Waals surface area contributed by atoms with Crippen LogP contribution in [0.1, 0.15) is 63.9 Å². The Morgan fingerprint density at radius 3 is 2.22 bits per heavy atom. The first-order valence-corrected chi connectivity index (χ1v) is 10.9. The topological polar surface area (TPSA) is 157 Å². The summed E-state index contributed by atoms with van der Waals surface area (Å²) in [5.41, 5.74) is -0.476. The van der Waals surface area contributed by atoms with Crippen LogP contribution in [0.15, 0.2) is 30.3 Å². The molecular formula is C23H31N3O6. The maximum absolute atomic E-state index is 13.1. The number of hydrogen-bond acceptors (Lipinski definition) is 5. The first kappa shape index (κ1) is 25.0. The molecule has 2 rings (SSSR count). The number of amidine groups is 1. The van der Waals surface area contributed by atoms with Gasteiger partial charge in [-0.3, -0.25) is 19.8 Å². The smallest absolute Gasteiger partial charge is 0.326 e. The molecule has 0 heterocycles. The number of rotatable bonds is 11. The number of carboxylic acids is 2. The molecule has 0 radical (unpaired) electrons. The largest absolute Gasteiger partial charge is 0.481 e. The molecule has 32 heavy (non-hydrogen) atoms. The van der Waals surface area contributed by atoms with Crippen LogP contribution in [0, 0.1) is 16.7 Å². The molecule has 1 aliphatic rings. The molecule has 174 valence electrons. The minimum absolute atomic E-state index is 0.152. The van der Waals surface area contributed by atoms with Gasteiger partial charge in [0.1, 0.15) is 11.9 Å². The fourth-order valence-electron chi connectivity index (χ4n) is 4.27. The molecule has 1 aliphatic carbocycles. The van der Waals surface area contributed by atoms with E-state index in [0.29, 0.717) is 31.2 Å². The van der Waals surface area contributed by atoms with Crippen LogP contribution in [-0.4, -0.2) is 45.8 Å². The second kappa shape index (κ2) is 11.4. The predicted molar refractivity (Wildman–Crippen MR) is 117 cm³/mol. The third-order valence-corrected chi connectivity index (χ3v) is 5.99. The maximum atomic E-state index is 13.1. The lowest BCUT2D eigenvalue weighted by atomic mass is 9.75. The Bertz CT molecular complexity index is 849. The fraction of sp³-hybridized carbons (Fsp3) is 0.522. The van der Waals surface area contributed by atoms with Gasteiger partial charge in [-0.05, 0) is 25.7 Å². The minimum Gasteiger partial charge on any atom is -0.481 e. The van der Waals surface area contributed by atoms with Gasteiger partial charge in [0.05, 0.1) is 17.8 Å². The normalized spacial score (nSPS) is 16.5. The van der Waals surface area contributed by atoms with Crippen molar-refractivity contribution < 1.29 is 29.4 Å². The van der Waals surface area contributed by atoms with Gasteiger partial charge in [-0.1, -0.05) is 56.5 Å². The summed E-state index contributed by atoms with van der Waals surface area (Å²) in [6, 6.07) is 6.98. The van der Waals surface area contributed by atoms with E-state index in [4.69, 9.17) is 5.41 Å². The van der Waals surface area contributed by atoms with E-state index in [2.05, 4.69) is 10.6 Å². The SMILES string of the molecule is CCC[C@H](CC1(C(=O)N[C@@H](CC(=O)NC(=N)c2ccccc2)C(=O)O)CCCC1)C(=O)O. The molecule has 0 aliphatic heterocycles. The Hall–Kier alpha value is -3.23. The number of nitrogens with one attached hydrogen (secondary N) is 3. The highest BCUT2D eigenvalue weighted by Gasteiger charge is 2.45. The molecule has 1 saturated carbocycles. The molecule has 2 atom stereocenters. The quantitative estimate of drug-likeness (QED) is 0.260. The standard InChI is InChI=1S/C23H31N3O6/c1-2-8-16(20(28)29)14-23(11-6-7-12-23)22(32)25-17(21(30)31)13-18(27)26-19(24)15-9-4-3-5-10-15/h3-5,9-10,16-17H,2,6-8,11-14H2,1H3,(H,25,32)(H,28,29)(H,30,31)(H2,24,26,27)/t16-,17+/m1/s1. The number of amides is 2. The van der Waals surface area contributed by atoms with Crippen LogP contribution in [0.5, 0.6) is 0 Å². The zero-order valence-corrected chi connectivity index (χ0v) is 18.2. The molecule has 9 nitrogen and oxygen atoms in total. The molecule has 0 aromatic heterocycles. The fourth-order valence-corrected chi connectivity index (χ4v) is 4.27. The lowest BCUT2D eigenvalue weighted by Crippen LogP contribution is -2.50. The van der Waals surface area contributed by atoms with E-state index >= 15 is 0 Å². The van der Waals surface area contributed by atoms with Crippen LogP contribution in [0.2, 0.25) is 0 Å². The molecule has 9 heteroatoms. The lowest BCUT2D eigenvalue weighted by Gasteiger charge is -2.31. The maximum Gasteiger partial charge on any atom is 0.326 e. The molecular weight excluding hydrogens is 414 g/mol. The van der Waals surface area contributed by atoms with Gasteiger partial charge in [0, 0.05) is 5.56 Å². The van der Waals surface area contributed by atoms with E-state index in [9.17, 15) is 29.4 Å². The Morgan fingerprint density at radius 2 is 1.69 bits per heavy atom. The third kappa shape index (κ3) is 6.63. The van der Waals surface area contributed by atoms with Gasteiger partial charge in [0.25, 0.3) is 0 Å². The lowest BCUT2D eigenvalue weighted by molar-refractivity contribution is -0.148. The number of aliphatic carboxylic acids is 2. The summed E-state index contributed by atoms with van der Waals surface area (Å²) in [7, 11) is 0. The second-order valence-electron chi connectivity index (χ2n) is 8.37. The summed E-state index contributed by atoms with van der Waals surface area (Å²) in [5.74, 6) is -4.39. The molecule has 0 saturated heterocycles. The van der Waals surface area contributed by atoms with Crippen molar-refractivity contribution in [2.75, 3.05) is 0 Å². The minimum atomic E-state index is -1.47. The molecule has 2 amide bonds. The highest BCUT2D eigenvalue weighted by Crippen LogP contribution is 2.44. The Balaban J connectivity index is 2.07. The summed E-state index contributed by atoms with van der Waals surface area (Å²) >= 11 is 0. The molecule has 0 unspecified atom stereocenters. The van der Waals surface area contributed by atoms with Crippen LogP contribution >= 0.6 is 0 Å². The van der Waals surface area contributed by atoms with Crippen molar-refractivity contribution in [1.82, 2.24) is 10.6 Å². The van der Waals surface area contributed by atoms with E-state index in [-0.39, 0.29) is 12.3 Å². The average Bonchev–Trinajstić information content (AvgIpc) is 3.23. The molecule has 1 aromatic carbocycles. The van der Waals surface area contributed by atoms with E-state index in [0.717, 1.165) is 12.8 Å². The van der Waals surface area contributed by atoms with Crippen molar-refractivity contribution in [3.63, 3.8) is 0 Å². The van der Waals surface area contributed by atoms with Crippen LogP contribution in [0.4, 0.5) is 0 Å². The summed E-state index contributed by atoms with van der Waals surface area (Å²) < 4.78 is 0. The van der Waals surface area contributed by atoms with E-state index < -0.39 is 47.5 Å². The van der Waals surface area contributed by atoms with Crippen LogP contribution in [0.25, 0.3) is 0 Å². The molecule has 5 N–H and O–H groups in total. The Morgan fingerprint density at radius 1 is 1.06 bits per heavy atom. The van der Waals surface area contributed by atoms with Gasteiger partial charge in [-0.25, -0.2) is 4.79 Å². The zero-order valence-electron chi connectivity index (χ0n) is 18.2. The van der Waals surface area contributed by atoms with Gasteiger partial charge in [-0.2, -0.15) is 0 Å². The number of hydrogen-bond donors (Lipinski definition) is 5. The molecule has 0 spiro atoms. The number of carbonyl (C=O) groups excluding carboxylic acids is 2. The third-order valence-electron chi connectivity index (χ3n) is 5.99. The second-order valence-corrected chi connectivity index (χ2v) is 8.37. The van der Waals surface area contributed by atoms with Gasteiger partial charge >= 0.3 is 11.9 Å². The number of carbonyl (C=O) groups is 4. The summed E-state index contributed by atoms with van der Waals surface area (Å²) in [6.45, 7) is 1.88. The Kier molecular flexibility index (Phi) is 8.92. The van der Waals surface area contributed by atoms with Crippen molar-refractivity contribution >= 4 is 29.6 Å². The monoisotopic (exact) mass is 445 g/mol. The van der Waals surface area contributed by atoms with Crippen molar-refractivity contribution in [1.29, 1.82) is 5.41 Å². The van der Waals surface area contributed by atoms with Gasteiger partial charge in [0.2, 0.25) is 11.8 Å². The average molecular weight is 446 g/mol. The van der Waals surface area contributed by atoms with E-state index in [1.165, 1.54) is 0 Å². The van der Waals surface area contributed by atoms with Gasteiger partial charge in [0.15, 0.2) is 0 Å². The summed E-state index contributed by atoms with van der Waals surface area (Å²) in [5, 5.41) is 31.9. The highest BCUT2D eigenvalue weighted by molar-refractivity contribution is 6.07. The van der Waals surface area contributed by atoms with Crippen LogP contribution in [-0.2, 0) is 19.2 Å². The molecule has 1 fully saturated rings. The van der Waals surface area contributed by atoms with Gasteiger partial charge < -0.3 is 20.8 Å². The zero-order chi connectivity index (χ0) is 23.7. The first-order valence-electron chi connectivity index (χ1n) is 10.9. The summed E-state index contributed by atoms with van der Waals surface area (Å²) in [4.78, 5) is 48.8. The van der Waals surface area contributed by atoms with Crippen LogP contribution < -0.4 is 10.6 Å². The van der Waals surface area contributed by atoms with Crippen molar-refractivity contribution in [3.05, 3.63) is 35.9 Å². The predicted octanol–water partition coefficient (Wildman–Crippen LogP) is 2.54. The van der Waals surface area contributed by atoms with E-state index in [1.807, 2.05) is 6.92 Å². The van der Waals surface area contributed by atoms with Crippen molar-refractivity contribution in [3.8, 4) is 0 Å². The van der Waals surface area contributed by atoms with Crippen LogP contribution in [0.3, 0.4) is 0 Å². The Labute approximate surface area is 187 Å². The van der Waals surface area contributed by atoms with Crippen molar-refractivity contribution in [2.24, 2.45) is 11.3 Å². The van der Waals surface area contributed by atoms with E-state index in [1.54, 1.807) is 30.3 Å². The van der Waals surface area contributed by atoms with Crippen molar-refractivity contribution in [2.45, 2.75) is 64.3 Å². The molecule has 0 bridgehead atoms. The number of carboxylic acid groups (broad SMARTS) is 2. The number of benzene rings is 1. The highest BCUT2D eigenvalue weighted by atomic mass is 16.4.